The van der Waals surface area contributed by atoms with E-state index in [2.05, 4.69) is 15.0 Å². The first kappa shape index (κ1) is 13.0. The molecule has 0 aromatic carbocycles. The molecule has 0 bridgehead atoms. The van der Waals surface area contributed by atoms with E-state index in [4.69, 9.17) is 0 Å². The third kappa shape index (κ3) is 3.78. The smallest absolute Gasteiger partial charge is 0.422 e. The summed E-state index contributed by atoms with van der Waals surface area (Å²) >= 11 is 0. The van der Waals surface area contributed by atoms with E-state index in [0.29, 0.717) is 0 Å². The molecule has 1 aromatic rings. The molecule has 17 heavy (non-hydrogen) atoms. The van der Waals surface area contributed by atoms with E-state index in [1.54, 1.807) is 0 Å². The standard InChI is InChI=1S/C8H8F3N3O3/c1-12-7-5(14(15)16)2-3-6(13-7)17-4-8(9,10)11/h2-3H,4H2,1H3,(H,12,13). The van der Waals surface area contributed by atoms with E-state index in [9.17, 15) is 23.3 Å². The number of rotatable bonds is 4. The van der Waals surface area contributed by atoms with Crippen molar-refractivity contribution in [2.75, 3.05) is 19.0 Å². The first-order chi connectivity index (χ1) is 7.83. The van der Waals surface area contributed by atoms with Gasteiger partial charge in [0.25, 0.3) is 0 Å². The zero-order chi connectivity index (χ0) is 13.1. The molecule has 1 aromatic heterocycles. The largest absolute Gasteiger partial charge is 0.468 e. The van der Waals surface area contributed by atoms with Crippen LogP contribution in [-0.2, 0) is 0 Å². The zero-order valence-electron chi connectivity index (χ0n) is 8.61. The van der Waals surface area contributed by atoms with E-state index in [1.165, 1.54) is 7.05 Å². The molecule has 0 amide bonds. The Kier molecular flexibility index (Phi) is 3.71. The highest BCUT2D eigenvalue weighted by Crippen LogP contribution is 2.25. The van der Waals surface area contributed by atoms with Gasteiger partial charge in [-0.2, -0.15) is 18.2 Å². The lowest BCUT2D eigenvalue weighted by Gasteiger charge is -2.09. The summed E-state index contributed by atoms with van der Waals surface area (Å²) in [6.45, 7) is -1.50. The third-order valence-electron chi connectivity index (χ3n) is 1.67. The number of anilines is 1. The summed E-state index contributed by atoms with van der Waals surface area (Å²) in [6, 6.07) is 2.02. The molecule has 1 rings (SSSR count). The number of hydrogen-bond donors (Lipinski definition) is 1. The predicted octanol–water partition coefficient (Wildman–Crippen LogP) is 1.97. The highest BCUT2D eigenvalue weighted by Gasteiger charge is 2.29. The van der Waals surface area contributed by atoms with Crippen LogP contribution in [0.4, 0.5) is 24.7 Å². The van der Waals surface area contributed by atoms with Gasteiger partial charge in [-0.05, 0) is 0 Å². The number of halogens is 3. The lowest BCUT2D eigenvalue weighted by atomic mass is 10.4. The number of hydrogen-bond acceptors (Lipinski definition) is 5. The zero-order valence-corrected chi connectivity index (χ0v) is 8.61. The first-order valence-electron chi connectivity index (χ1n) is 4.36. The molecule has 0 atom stereocenters. The molecule has 0 fully saturated rings. The molecule has 94 valence electrons. The summed E-state index contributed by atoms with van der Waals surface area (Å²) in [4.78, 5) is 13.4. The van der Waals surface area contributed by atoms with Gasteiger partial charge in [0.15, 0.2) is 6.61 Å². The van der Waals surface area contributed by atoms with E-state index in [1.807, 2.05) is 0 Å². The van der Waals surface area contributed by atoms with Crippen molar-refractivity contribution in [1.82, 2.24) is 4.98 Å². The minimum Gasteiger partial charge on any atom is -0.468 e. The van der Waals surface area contributed by atoms with Crippen LogP contribution in [0.25, 0.3) is 0 Å². The van der Waals surface area contributed by atoms with Gasteiger partial charge < -0.3 is 10.1 Å². The molecular formula is C8H8F3N3O3. The first-order valence-corrected chi connectivity index (χ1v) is 4.36. The molecule has 0 radical (unpaired) electrons. The van der Waals surface area contributed by atoms with Crippen LogP contribution in [-0.4, -0.2) is 29.7 Å². The second-order valence-electron chi connectivity index (χ2n) is 2.93. The van der Waals surface area contributed by atoms with Gasteiger partial charge in [-0.15, -0.1) is 0 Å². The molecule has 0 saturated heterocycles. The topological polar surface area (TPSA) is 77.3 Å². The van der Waals surface area contributed by atoms with Gasteiger partial charge in [-0.1, -0.05) is 0 Å². The lowest BCUT2D eigenvalue weighted by molar-refractivity contribution is -0.384. The maximum atomic E-state index is 11.9. The van der Waals surface area contributed by atoms with Crippen LogP contribution < -0.4 is 10.1 Å². The summed E-state index contributed by atoms with van der Waals surface area (Å²) in [6.07, 6.45) is -4.48. The minimum atomic E-state index is -4.48. The quantitative estimate of drug-likeness (QED) is 0.653. The maximum absolute atomic E-state index is 11.9. The van der Waals surface area contributed by atoms with Gasteiger partial charge in [0, 0.05) is 19.2 Å². The molecule has 1 N–H and O–H groups in total. The number of nitro groups is 1. The fourth-order valence-electron chi connectivity index (χ4n) is 1.00. The summed E-state index contributed by atoms with van der Waals surface area (Å²) < 4.78 is 39.9. The van der Waals surface area contributed by atoms with Crippen LogP contribution in [0.15, 0.2) is 12.1 Å². The van der Waals surface area contributed by atoms with Crippen molar-refractivity contribution in [3.63, 3.8) is 0 Å². The molecule has 1 heterocycles. The van der Waals surface area contributed by atoms with Crippen molar-refractivity contribution < 1.29 is 22.8 Å². The fraction of sp³-hybridized carbons (Fsp3) is 0.375. The fourth-order valence-corrected chi connectivity index (χ4v) is 1.00. The monoisotopic (exact) mass is 251 g/mol. The third-order valence-corrected chi connectivity index (χ3v) is 1.67. The Morgan fingerprint density at radius 1 is 1.53 bits per heavy atom. The second-order valence-corrected chi connectivity index (χ2v) is 2.93. The van der Waals surface area contributed by atoms with Crippen molar-refractivity contribution in [2.24, 2.45) is 0 Å². The average Bonchev–Trinajstić information content (AvgIpc) is 2.24. The lowest BCUT2D eigenvalue weighted by Crippen LogP contribution is -2.19. The molecule has 6 nitrogen and oxygen atoms in total. The van der Waals surface area contributed by atoms with E-state index in [-0.39, 0.29) is 17.4 Å². The number of nitrogens with zero attached hydrogens (tertiary/aromatic N) is 2. The van der Waals surface area contributed by atoms with E-state index in [0.717, 1.165) is 12.1 Å². The van der Waals surface area contributed by atoms with Crippen LogP contribution in [0.3, 0.4) is 0 Å². The van der Waals surface area contributed by atoms with Crippen LogP contribution in [0.5, 0.6) is 5.88 Å². The number of aromatic nitrogens is 1. The number of alkyl halides is 3. The molecule has 0 unspecified atom stereocenters. The Balaban J connectivity index is 2.87. The normalized spacial score (nSPS) is 11.1. The average molecular weight is 251 g/mol. The van der Waals surface area contributed by atoms with Crippen molar-refractivity contribution in [1.29, 1.82) is 0 Å². The minimum absolute atomic E-state index is 0.158. The Hall–Kier alpha value is -2.06. The highest BCUT2D eigenvalue weighted by molar-refractivity contribution is 5.56. The Morgan fingerprint density at radius 2 is 2.18 bits per heavy atom. The van der Waals surface area contributed by atoms with Crippen molar-refractivity contribution in [2.45, 2.75) is 6.18 Å². The van der Waals surface area contributed by atoms with Crippen LogP contribution in [0, 0.1) is 10.1 Å². The van der Waals surface area contributed by atoms with Crippen LogP contribution in [0.2, 0.25) is 0 Å². The Labute approximate surface area is 93.6 Å². The van der Waals surface area contributed by atoms with Crippen molar-refractivity contribution >= 4 is 11.5 Å². The second kappa shape index (κ2) is 4.85. The highest BCUT2D eigenvalue weighted by atomic mass is 19.4. The van der Waals surface area contributed by atoms with Gasteiger partial charge in [0.05, 0.1) is 4.92 Å². The molecule has 0 aliphatic rings. The molecule has 9 heteroatoms. The summed E-state index contributed by atoms with van der Waals surface area (Å²) in [5.74, 6) is -0.494. The van der Waals surface area contributed by atoms with Crippen molar-refractivity contribution in [3.05, 3.63) is 22.2 Å². The Bertz CT molecular complexity index is 422. The van der Waals surface area contributed by atoms with E-state index < -0.39 is 17.7 Å². The van der Waals surface area contributed by atoms with Gasteiger partial charge >= 0.3 is 11.9 Å². The van der Waals surface area contributed by atoms with Crippen molar-refractivity contribution in [3.8, 4) is 5.88 Å². The van der Waals surface area contributed by atoms with Crippen LogP contribution in [0.1, 0.15) is 0 Å². The molecule has 0 aliphatic carbocycles. The number of ether oxygens (including phenoxy) is 1. The van der Waals surface area contributed by atoms with E-state index >= 15 is 0 Å². The number of pyridine rings is 1. The van der Waals surface area contributed by atoms with Gasteiger partial charge in [-0.25, -0.2) is 0 Å². The summed E-state index contributed by atoms with van der Waals surface area (Å²) in [5.41, 5.74) is -0.341. The SMILES string of the molecule is CNc1nc(OCC(F)(F)F)ccc1[N+](=O)[O-]. The number of nitrogens with one attached hydrogen (secondary N) is 1. The van der Waals surface area contributed by atoms with Gasteiger partial charge in [-0.3, -0.25) is 10.1 Å². The maximum Gasteiger partial charge on any atom is 0.422 e. The van der Waals surface area contributed by atoms with Gasteiger partial charge in [0.1, 0.15) is 0 Å². The molecular weight excluding hydrogens is 243 g/mol. The van der Waals surface area contributed by atoms with Crippen LogP contribution >= 0.6 is 0 Å². The Morgan fingerprint density at radius 3 is 2.65 bits per heavy atom. The van der Waals surface area contributed by atoms with Gasteiger partial charge in [0.2, 0.25) is 11.7 Å². The summed E-state index contributed by atoms with van der Waals surface area (Å²) in [5, 5.41) is 12.9. The molecule has 0 spiro atoms. The molecule has 0 aliphatic heterocycles. The predicted molar refractivity (Wildman–Crippen MR) is 52.0 cm³/mol. The molecule has 0 saturated carbocycles. The summed E-state index contributed by atoms with van der Waals surface area (Å²) in [7, 11) is 1.36.